The third kappa shape index (κ3) is 4.66. The van der Waals surface area contributed by atoms with Crippen molar-refractivity contribution in [3.05, 3.63) is 29.8 Å². The summed E-state index contributed by atoms with van der Waals surface area (Å²) < 4.78 is 30.9. The molecule has 0 saturated carbocycles. The van der Waals surface area contributed by atoms with Crippen LogP contribution >= 0.6 is 0 Å². The van der Waals surface area contributed by atoms with Gasteiger partial charge in [0.1, 0.15) is 0 Å². The molecule has 0 bridgehead atoms. The molecule has 0 aliphatic carbocycles. The van der Waals surface area contributed by atoms with Crippen molar-refractivity contribution in [3.8, 4) is 0 Å². The standard InChI is InChI=1S/C10H14O3S.Na.H/c1-2-3-6-9-7-4-5-8-10(9)14(11,12)13;;/h4-5,7-8H,2-3,6H2,1H3,(H,11,12,13);;. The molecule has 0 atom stereocenters. The van der Waals surface area contributed by atoms with E-state index in [2.05, 4.69) is 0 Å². The maximum absolute atomic E-state index is 11.0. The first kappa shape index (κ1) is 15.1. The predicted molar refractivity (Wildman–Crippen MR) is 62.0 cm³/mol. The average Bonchev–Trinajstić information content (AvgIpc) is 2.14. The van der Waals surface area contributed by atoms with Gasteiger partial charge in [-0.3, -0.25) is 4.55 Å². The monoisotopic (exact) mass is 238 g/mol. The van der Waals surface area contributed by atoms with Gasteiger partial charge < -0.3 is 0 Å². The molecule has 0 saturated heterocycles. The number of rotatable bonds is 4. The van der Waals surface area contributed by atoms with Crippen LogP contribution in [0.1, 0.15) is 25.3 Å². The SMILES string of the molecule is CCCCc1ccccc1S(=O)(=O)O.[NaH]. The fraction of sp³-hybridized carbons (Fsp3) is 0.400. The maximum atomic E-state index is 11.0. The summed E-state index contributed by atoms with van der Waals surface area (Å²) in [4.78, 5) is 0.0356. The van der Waals surface area contributed by atoms with Gasteiger partial charge in [-0.2, -0.15) is 8.42 Å². The molecule has 5 heteroatoms. The molecule has 0 aromatic heterocycles. The third-order valence-electron chi connectivity index (χ3n) is 2.05. The average molecular weight is 238 g/mol. The first-order chi connectivity index (χ1) is 6.55. The van der Waals surface area contributed by atoms with Crippen LogP contribution in [0.3, 0.4) is 0 Å². The van der Waals surface area contributed by atoms with Gasteiger partial charge in [0.15, 0.2) is 0 Å². The van der Waals surface area contributed by atoms with Crippen molar-refractivity contribution in [1.82, 2.24) is 0 Å². The second kappa shape index (κ2) is 6.66. The predicted octanol–water partition coefficient (Wildman–Crippen LogP) is 1.63. The Bertz CT molecular complexity index is 401. The zero-order valence-corrected chi connectivity index (χ0v) is 8.92. The summed E-state index contributed by atoms with van der Waals surface area (Å²) in [7, 11) is -4.06. The molecule has 1 aromatic carbocycles. The topological polar surface area (TPSA) is 54.4 Å². The summed E-state index contributed by atoms with van der Waals surface area (Å²) >= 11 is 0. The molecule has 3 nitrogen and oxygen atoms in total. The van der Waals surface area contributed by atoms with Crippen LogP contribution in [-0.4, -0.2) is 42.5 Å². The van der Waals surface area contributed by atoms with Gasteiger partial charge in [-0.05, 0) is 24.5 Å². The number of hydrogen-bond acceptors (Lipinski definition) is 2. The van der Waals surface area contributed by atoms with Gasteiger partial charge in [0, 0.05) is 0 Å². The van der Waals surface area contributed by atoms with E-state index < -0.39 is 10.1 Å². The molecule has 1 rings (SSSR count). The fourth-order valence-corrected chi connectivity index (χ4v) is 2.08. The summed E-state index contributed by atoms with van der Waals surface area (Å²) in [5.41, 5.74) is 0.692. The van der Waals surface area contributed by atoms with Gasteiger partial charge in [-0.15, -0.1) is 0 Å². The molecule has 0 heterocycles. The summed E-state index contributed by atoms with van der Waals surface area (Å²) in [6.45, 7) is 2.04. The molecule has 0 aliphatic rings. The Morgan fingerprint density at radius 2 is 1.87 bits per heavy atom. The second-order valence-electron chi connectivity index (χ2n) is 3.19. The van der Waals surface area contributed by atoms with E-state index in [-0.39, 0.29) is 34.5 Å². The zero-order chi connectivity index (χ0) is 10.6. The van der Waals surface area contributed by atoms with Crippen molar-refractivity contribution >= 4 is 39.7 Å². The molecule has 0 radical (unpaired) electrons. The van der Waals surface area contributed by atoms with Crippen molar-refractivity contribution in [1.29, 1.82) is 0 Å². The van der Waals surface area contributed by atoms with Crippen molar-refractivity contribution in [2.75, 3.05) is 0 Å². The second-order valence-corrected chi connectivity index (χ2v) is 4.58. The summed E-state index contributed by atoms with van der Waals surface area (Å²) in [6.07, 6.45) is 2.61. The Morgan fingerprint density at radius 3 is 2.40 bits per heavy atom. The molecule has 0 aliphatic heterocycles. The number of unbranched alkanes of at least 4 members (excludes halogenated alkanes) is 1. The van der Waals surface area contributed by atoms with Crippen molar-refractivity contribution in [2.45, 2.75) is 31.1 Å². The molecule has 0 unspecified atom stereocenters. The van der Waals surface area contributed by atoms with Gasteiger partial charge in [0.25, 0.3) is 10.1 Å². The molecule has 15 heavy (non-hydrogen) atoms. The zero-order valence-electron chi connectivity index (χ0n) is 8.10. The van der Waals surface area contributed by atoms with E-state index in [1.54, 1.807) is 18.2 Å². The van der Waals surface area contributed by atoms with Crippen LogP contribution in [0.2, 0.25) is 0 Å². The van der Waals surface area contributed by atoms with Gasteiger partial charge in [0.2, 0.25) is 0 Å². The van der Waals surface area contributed by atoms with E-state index in [9.17, 15) is 8.42 Å². The van der Waals surface area contributed by atoms with Crippen LogP contribution < -0.4 is 0 Å². The van der Waals surface area contributed by atoms with Crippen LogP contribution in [0.4, 0.5) is 0 Å². The Balaban J connectivity index is 0.00000196. The first-order valence-corrected chi connectivity index (χ1v) is 6.05. The Hall–Kier alpha value is 0.130. The summed E-state index contributed by atoms with van der Waals surface area (Å²) in [5, 5.41) is 0. The number of hydrogen-bond donors (Lipinski definition) is 1. The molecule has 0 spiro atoms. The van der Waals surface area contributed by atoms with Crippen LogP contribution in [0.15, 0.2) is 29.2 Å². The Morgan fingerprint density at radius 1 is 1.27 bits per heavy atom. The fourth-order valence-electron chi connectivity index (χ4n) is 1.33. The molecular weight excluding hydrogens is 223 g/mol. The van der Waals surface area contributed by atoms with Gasteiger partial charge in [0.05, 0.1) is 4.90 Å². The minimum absolute atomic E-state index is 0. The first-order valence-electron chi connectivity index (χ1n) is 4.61. The van der Waals surface area contributed by atoms with Crippen LogP contribution in [0, 0.1) is 0 Å². The summed E-state index contributed by atoms with van der Waals surface area (Å²) in [6, 6.07) is 6.55. The summed E-state index contributed by atoms with van der Waals surface area (Å²) in [5.74, 6) is 0. The van der Waals surface area contributed by atoms with Gasteiger partial charge in [-0.1, -0.05) is 31.5 Å². The molecule has 1 aromatic rings. The van der Waals surface area contributed by atoms with Crippen LogP contribution in [0.25, 0.3) is 0 Å². The molecule has 0 amide bonds. The minimum atomic E-state index is -4.06. The van der Waals surface area contributed by atoms with E-state index in [4.69, 9.17) is 4.55 Å². The normalized spacial score (nSPS) is 10.8. The molecule has 0 fully saturated rings. The van der Waals surface area contributed by atoms with E-state index >= 15 is 0 Å². The van der Waals surface area contributed by atoms with E-state index in [0.29, 0.717) is 12.0 Å². The molecular formula is C10H15NaO3S. The van der Waals surface area contributed by atoms with Gasteiger partial charge >= 0.3 is 29.6 Å². The van der Waals surface area contributed by atoms with Crippen LogP contribution in [-0.2, 0) is 16.5 Å². The molecule has 1 N–H and O–H groups in total. The van der Waals surface area contributed by atoms with Crippen molar-refractivity contribution < 1.29 is 13.0 Å². The van der Waals surface area contributed by atoms with E-state index in [1.165, 1.54) is 6.07 Å². The Labute approximate surface area is 113 Å². The Kier molecular flexibility index (Phi) is 6.71. The van der Waals surface area contributed by atoms with Crippen molar-refractivity contribution in [3.63, 3.8) is 0 Å². The number of aryl methyl sites for hydroxylation is 1. The third-order valence-corrected chi connectivity index (χ3v) is 3.00. The van der Waals surface area contributed by atoms with Gasteiger partial charge in [-0.25, -0.2) is 0 Å². The van der Waals surface area contributed by atoms with E-state index in [1.807, 2.05) is 6.92 Å². The van der Waals surface area contributed by atoms with Crippen LogP contribution in [0.5, 0.6) is 0 Å². The van der Waals surface area contributed by atoms with E-state index in [0.717, 1.165) is 12.8 Å². The number of benzene rings is 1. The van der Waals surface area contributed by atoms with Crippen molar-refractivity contribution in [2.24, 2.45) is 0 Å². The molecule has 80 valence electrons. The quantitative estimate of drug-likeness (QED) is 0.640.